The molecule has 1 aromatic heterocycles. The van der Waals surface area contributed by atoms with Crippen molar-refractivity contribution in [3.63, 3.8) is 0 Å². The quantitative estimate of drug-likeness (QED) is 0.268. The molecule has 1 N–H and O–H groups in total. The van der Waals surface area contributed by atoms with E-state index in [9.17, 15) is 4.79 Å². The van der Waals surface area contributed by atoms with Crippen molar-refractivity contribution in [3.05, 3.63) is 102 Å². The predicted molar refractivity (Wildman–Crippen MR) is 113 cm³/mol. The zero-order chi connectivity index (χ0) is 20.1. The van der Waals surface area contributed by atoms with Crippen molar-refractivity contribution in [1.29, 1.82) is 0 Å². The molecule has 0 radical (unpaired) electrons. The topological polar surface area (TPSA) is 60.4 Å². The smallest absolute Gasteiger partial charge is 0.343 e. The average molecular weight is 384 g/mol. The average Bonchev–Trinajstić information content (AvgIpc) is 2.78. The van der Waals surface area contributed by atoms with Crippen LogP contribution in [0.15, 0.2) is 91.3 Å². The number of carbonyl (C=O) groups excluding carboxylic acids is 1. The third kappa shape index (κ3) is 4.59. The summed E-state index contributed by atoms with van der Waals surface area (Å²) >= 11 is 0. The molecule has 1 atom stereocenters. The number of anilines is 1. The van der Waals surface area contributed by atoms with Gasteiger partial charge in [0, 0.05) is 17.8 Å². The SMILES string of the molecule is CC(ONc1ccc2cnccc2c1)c1ccc(OC(=O)c2ccccc2)cc1. The van der Waals surface area contributed by atoms with E-state index in [-0.39, 0.29) is 12.1 Å². The highest BCUT2D eigenvalue weighted by molar-refractivity contribution is 5.91. The Balaban J connectivity index is 1.36. The third-order valence-corrected chi connectivity index (χ3v) is 4.56. The first kappa shape index (κ1) is 18.7. The summed E-state index contributed by atoms with van der Waals surface area (Å²) in [6, 6.07) is 24.1. The molecule has 1 unspecified atom stereocenters. The summed E-state index contributed by atoms with van der Waals surface area (Å²) in [5.74, 6) is 0.113. The van der Waals surface area contributed by atoms with Gasteiger partial charge in [0.15, 0.2) is 0 Å². The van der Waals surface area contributed by atoms with Gasteiger partial charge in [-0.2, -0.15) is 0 Å². The highest BCUT2D eigenvalue weighted by Crippen LogP contribution is 2.23. The summed E-state index contributed by atoms with van der Waals surface area (Å²) in [7, 11) is 0. The van der Waals surface area contributed by atoms with Gasteiger partial charge in [0.2, 0.25) is 0 Å². The second-order valence-corrected chi connectivity index (χ2v) is 6.62. The maximum atomic E-state index is 12.1. The number of carbonyl (C=O) groups is 1. The van der Waals surface area contributed by atoms with Crippen molar-refractivity contribution in [3.8, 4) is 5.75 Å². The van der Waals surface area contributed by atoms with E-state index in [1.807, 2.05) is 55.6 Å². The van der Waals surface area contributed by atoms with Crippen LogP contribution in [-0.2, 0) is 4.84 Å². The molecule has 3 aromatic carbocycles. The number of aromatic nitrogens is 1. The summed E-state index contributed by atoms with van der Waals surface area (Å²) in [5.41, 5.74) is 5.34. The standard InChI is InChI=1S/C24H20N2O3/c1-17(29-26-22-10-7-21-16-25-14-13-20(21)15-22)18-8-11-23(12-9-18)28-24(27)19-5-3-2-4-6-19/h2-17,26H,1H3. The zero-order valence-electron chi connectivity index (χ0n) is 15.9. The molecule has 5 heteroatoms. The number of nitrogens with one attached hydrogen (secondary N) is 1. The van der Waals surface area contributed by atoms with Gasteiger partial charge in [0.25, 0.3) is 0 Å². The zero-order valence-corrected chi connectivity index (χ0v) is 15.9. The lowest BCUT2D eigenvalue weighted by Gasteiger charge is -2.15. The molecular formula is C24H20N2O3. The van der Waals surface area contributed by atoms with E-state index in [4.69, 9.17) is 9.57 Å². The highest BCUT2D eigenvalue weighted by Gasteiger charge is 2.10. The Morgan fingerprint density at radius 3 is 2.52 bits per heavy atom. The van der Waals surface area contributed by atoms with Crippen LogP contribution in [0.25, 0.3) is 10.8 Å². The Kier molecular flexibility index (Phi) is 5.49. The van der Waals surface area contributed by atoms with Crippen molar-refractivity contribution in [2.24, 2.45) is 0 Å². The summed E-state index contributed by atoms with van der Waals surface area (Å²) < 4.78 is 5.40. The van der Waals surface area contributed by atoms with E-state index in [0.29, 0.717) is 11.3 Å². The van der Waals surface area contributed by atoms with Crippen molar-refractivity contribution >= 4 is 22.4 Å². The summed E-state index contributed by atoms with van der Waals surface area (Å²) in [6.07, 6.45) is 3.40. The molecule has 1 heterocycles. The number of hydrogen-bond acceptors (Lipinski definition) is 5. The number of rotatable bonds is 6. The lowest BCUT2D eigenvalue weighted by molar-refractivity contribution is 0.0734. The lowest BCUT2D eigenvalue weighted by Crippen LogP contribution is -2.09. The van der Waals surface area contributed by atoms with Gasteiger partial charge in [-0.05, 0) is 60.3 Å². The molecule has 0 aliphatic rings. The van der Waals surface area contributed by atoms with Gasteiger partial charge in [-0.3, -0.25) is 15.3 Å². The molecule has 4 aromatic rings. The maximum Gasteiger partial charge on any atom is 0.343 e. The van der Waals surface area contributed by atoms with E-state index >= 15 is 0 Å². The summed E-state index contributed by atoms with van der Waals surface area (Å²) in [4.78, 5) is 22.0. The van der Waals surface area contributed by atoms with Crippen molar-refractivity contribution < 1.29 is 14.4 Å². The summed E-state index contributed by atoms with van der Waals surface area (Å²) in [5, 5.41) is 2.16. The van der Waals surface area contributed by atoms with Gasteiger partial charge in [-0.25, -0.2) is 4.79 Å². The number of pyridine rings is 1. The van der Waals surface area contributed by atoms with Gasteiger partial charge in [-0.1, -0.05) is 36.4 Å². The minimum absolute atomic E-state index is 0.193. The number of fused-ring (bicyclic) bond motifs is 1. The fourth-order valence-corrected chi connectivity index (χ4v) is 2.92. The van der Waals surface area contributed by atoms with E-state index in [2.05, 4.69) is 10.5 Å². The first-order valence-corrected chi connectivity index (χ1v) is 9.32. The van der Waals surface area contributed by atoms with Crippen LogP contribution in [0.2, 0.25) is 0 Å². The lowest BCUT2D eigenvalue weighted by atomic mass is 10.1. The Bertz CT molecular complexity index is 1110. The molecule has 0 saturated carbocycles. The van der Waals surface area contributed by atoms with Crippen molar-refractivity contribution in [2.45, 2.75) is 13.0 Å². The number of ether oxygens (including phenoxy) is 1. The molecule has 0 saturated heterocycles. The molecular weight excluding hydrogens is 364 g/mol. The Labute approximate surface area is 168 Å². The minimum atomic E-state index is -0.379. The van der Waals surface area contributed by atoms with Crippen LogP contribution in [0.4, 0.5) is 5.69 Å². The molecule has 144 valence electrons. The Hall–Kier alpha value is -3.70. The molecule has 0 spiro atoms. The molecule has 0 fully saturated rings. The van der Waals surface area contributed by atoms with Crippen molar-refractivity contribution in [2.75, 3.05) is 5.48 Å². The largest absolute Gasteiger partial charge is 0.423 e. The maximum absolute atomic E-state index is 12.1. The molecule has 0 bridgehead atoms. The van der Waals surface area contributed by atoms with Crippen LogP contribution < -0.4 is 10.2 Å². The molecule has 0 aliphatic heterocycles. The van der Waals surface area contributed by atoms with Crippen LogP contribution in [-0.4, -0.2) is 11.0 Å². The van der Waals surface area contributed by atoms with Crippen LogP contribution in [0.3, 0.4) is 0 Å². The fraction of sp³-hybridized carbons (Fsp3) is 0.0833. The number of nitrogens with zero attached hydrogens (tertiary/aromatic N) is 1. The predicted octanol–water partition coefficient (Wildman–Crippen LogP) is 5.56. The highest BCUT2D eigenvalue weighted by atomic mass is 16.7. The first-order valence-electron chi connectivity index (χ1n) is 9.32. The molecule has 0 amide bonds. The number of hydrogen-bond donors (Lipinski definition) is 1. The second kappa shape index (κ2) is 8.54. The van der Waals surface area contributed by atoms with E-state index in [1.54, 1.807) is 42.6 Å². The van der Waals surface area contributed by atoms with Gasteiger partial charge in [0.1, 0.15) is 11.9 Å². The van der Waals surface area contributed by atoms with Gasteiger partial charge >= 0.3 is 5.97 Å². The van der Waals surface area contributed by atoms with E-state index < -0.39 is 0 Å². The molecule has 4 rings (SSSR count). The van der Waals surface area contributed by atoms with Gasteiger partial charge in [-0.15, -0.1) is 0 Å². The Morgan fingerprint density at radius 2 is 1.72 bits per heavy atom. The first-order chi connectivity index (χ1) is 14.2. The van der Waals surface area contributed by atoms with E-state index in [1.165, 1.54) is 0 Å². The third-order valence-electron chi connectivity index (χ3n) is 4.56. The molecule has 29 heavy (non-hydrogen) atoms. The van der Waals surface area contributed by atoms with Crippen LogP contribution in [0, 0.1) is 0 Å². The monoisotopic (exact) mass is 384 g/mol. The van der Waals surface area contributed by atoms with E-state index in [0.717, 1.165) is 22.0 Å². The van der Waals surface area contributed by atoms with Crippen LogP contribution >= 0.6 is 0 Å². The van der Waals surface area contributed by atoms with Crippen LogP contribution in [0.5, 0.6) is 5.75 Å². The summed E-state index contributed by atoms with van der Waals surface area (Å²) in [6.45, 7) is 1.95. The number of esters is 1. The van der Waals surface area contributed by atoms with Gasteiger partial charge < -0.3 is 4.74 Å². The van der Waals surface area contributed by atoms with Crippen molar-refractivity contribution in [1.82, 2.24) is 4.98 Å². The van der Waals surface area contributed by atoms with Gasteiger partial charge in [0.05, 0.1) is 11.3 Å². The minimum Gasteiger partial charge on any atom is -0.423 e. The molecule has 5 nitrogen and oxygen atoms in total. The fourth-order valence-electron chi connectivity index (χ4n) is 2.92. The second-order valence-electron chi connectivity index (χ2n) is 6.62. The number of benzene rings is 3. The molecule has 0 aliphatic carbocycles. The normalized spacial score (nSPS) is 11.8. The van der Waals surface area contributed by atoms with Crippen LogP contribution in [0.1, 0.15) is 28.9 Å². The Morgan fingerprint density at radius 1 is 0.931 bits per heavy atom.